The molecule has 0 radical (unpaired) electrons. The summed E-state index contributed by atoms with van der Waals surface area (Å²) in [5.41, 5.74) is 3.08. The second kappa shape index (κ2) is 9.06. The van der Waals surface area contributed by atoms with Gasteiger partial charge in [0.2, 0.25) is 5.82 Å². The highest BCUT2D eigenvalue weighted by Gasteiger charge is 2.25. The Morgan fingerprint density at radius 3 is 2.67 bits per heavy atom. The second-order valence-electron chi connectivity index (χ2n) is 8.00. The predicted octanol–water partition coefficient (Wildman–Crippen LogP) is 3.57. The van der Waals surface area contributed by atoms with Crippen LogP contribution < -0.4 is 4.90 Å². The molecule has 1 fully saturated rings. The van der Waals surface area contributed by atoms with Crippen molar-refractivity contribution >= 4 is 17.3 Å². The lowest BCUT2D eigenvalue weighted by Gasteiger charge is -2.37. The number of aromatic amines is 1. The van der Waals surface area contributed by atoms with Crippen molar-refractivity contribution in [3.05, 3.63) is 52.6 Å². The fraction of sp³-hybridized carbons (Fsp3) is 0.429. The molecule has 0 unspecified atom stereocenters. The highest BCUT2D eigenvalue weighted by molar-refractivity contribution is 6.31. The maximum atomic E-state index is 15.1. The van der Waals surface area contributed by atoms with E-state index in [1.807, 2.05) is 12.1 Å². The van der Waals surface area contributed by atoms with Gasteiger partial charge in [-0.25, -0.2) is 4.39 Å². The minimum absolute atomic E-state index is 0.279. The monoisotopic (exact) mass is 429 g/mol. The van der Waals surface area contributed by atoms with Crippen LogP contribution in [0, 0.1) is 11.7 Å². The molecule has 0 amide bonds. The minimum Gasteiger partial charge on any atom is -0.368 e. The van der Waals surface area contributed by atoms with E-state index in [-0.39, 0.29) is 11.6 Å². The van der Waals surface area contributed by atoms with Crippen LogP contribution in [0.2, 0.25) is 5.02 Å². The molecule has 4 rings (SSSR count). The van der Waals surface area contributed by atoms with Gasteiger partial charge in [-0.2, -0.15) is 5.21 Å². The third-order valence-electron chi connectivity index (χ3n) is 5.26. The molecule has 1 aromatic carbocycles. The average molecular weight is 430 g/mol. The van der Waals surface area contributed by atoms with Gasteiger partial charge < -0.3 is 4.90 Å². The van der Waals surface area contributed by atoms with Crippen LogP contribution in [0.5, 0.6) is 0 Å². The van der Waals surface area contributed by atoms with Crippen LogP contribution in [0.1, 0.15) is 25.1 Å². The fourth-order valence-electron chi connectivity index (χ4n) is 3.87. The summed E-state index contributed by atoms with van der Waals surface area (Å²) in [6, 6.07) is 7.36. The highest BCUT2D eigenvalue weighted by atomic mass is 35.5. The van der Waals surface area contributed by atoms with Crippen molar-refractivity contribution in [2.24, 2.45) is 5.92 Å². The largest absolute Gasteiger partial charge is 0.368 e. The average Bonchev–Trinajstić information content (AvgIpc) is 3.24. The Bertz CT molecular complexity index is 985. The van der Waals surface area contributed by atoms with Crippen molar-refractivity contribution in [1.29, 1.82) is 0 Å². The summed E-state index contributed by atoms with van der Waals surface area (Å²) in [5, 5.41) is 14.8. The number of benzene rings is 1. The number of hydrogen-bond donors (Lipinski definition) is 1. The molecule has 158 valence electrons. The Morgan fingerprint density at radius 2 is 2.00 bits per heavy atom. The summed E-state index contributed by atoms with van der Waals surface area (Å²) in [5.74, 6) is 0.404. The Morgan fingerprint density at radius 1 is 1.20 bits per heavy atom. The van der Waals surface area contributed by atoms with Crippen molar-refractivity contribution in [3.63, 3.8) is 0 Å². The van der Waals surface area contributed by atoms with E-state index in [2.05, 4.69) is 55.3 Å². The third-order valence-corrected chi connectivity index (χ3v) is 5.61. The zero-order chi connectivity index (χ0) is 21.1. The number of pyridine rings is 1. The summed E-state index contributed by atoms with van der Waals surface area (Å²) >= 11 is 6.26. The summed E-state index contributed by atoms with van der Waals surface area (Å²) in [7, 11) is 0. The summed E-state index contributed by atoms with van der Waals surface area (Å²) in [6.07, 6.45) is 2.58. The number of H-pyrrole nitrogens is 1. The summed E-state index contributed by atoms with van der Waals surface area (Å²) in [6.45, 7) is 8.15. The van der Waals surface area contributed by atoms with Crippen LogP contribution in [0.25, 0.3) is 11.4 Å². The number of hydrogen-bond acceptors (Lipinski definition) is 6. The molecule has 1 aliphatic rings. The zero-order valence-electron chi connectivity index (χ0n) is 17.1. The van der Waals surface area contributed by atoms with Gasteiger partial charge in [0.1, 0.15) is 5.82 Å². The number of nitrogens with zero attached hydrogens (tertiary/aromatic N) is 6. The van der Waals surface area contributed by atoms with Crippen molar-refractivity contribution in [1.82, 2.24) is 30.5 Å². The van der Waals surface area contributed by atoms with E-state index in [9.17, 15) is 0 Å². The Labute approximate surface area is 180 Å². The van der Waals surface area contributed by atoms with Gasteiger partial charge in [0.25, 0.3) is 0 Å². The second-order valence-corrected chi connectivity index (χ2v) is 8.41. The highest BCUT2D eigenvalue weighted by Crippen LogP contribution is 2.34. The van der Waals surface area contributed by atoms with E-state index in [0.717, 1.165) is 49.5 Å². The molecule has 1 aliphatic heterocycles. The van der Waals surface area contributed by atoms with Gasteiger partial charge in [-0.05, 0) is 47.4 Å². The first-order valence-corrected chi connectivity index (χ1v) is 10.5. The lowest BCUT2D eigenvalue weighted by atomic mass is 9.98. The van der Waals surface area contributed by atoms with Gasteiger partial charge >= 0.3 is 0 Å². The lowest BCUT2D eigenvalue weighted by molar-refractivity contribution is 0.247. The van der Waals surface area contributed by atoms with Gasteiger partial charge in [-0.15, -0.1) is 10.2 Å². The minimum atomic E-state index is -0.313. The van der Waals surface area contributed by atoms with E-state index in [4.69, 9.17) is 11.6 Å². The molecule has 0 saturated carbocycles. The van der Waals surface area contributed by atoms with E-state index < -0.39 is 0 Å². The maximum absolute atomic E-state index is 15.1. The van der Waals surface area contributed by atoms with Crippen LogP contribution in [0.4, 0.5) is 10.1 Å². The predicted molar refractivity (Wildman–Crippen MR) is 115 cm³/mol. The smallest absolute Gasteiger partial charge is 0.209 e. The number of rotatable bonds is 6. The number of piperazine rings is 1. The molecule has 0 spiro atoms. The molecule has 0 atom stereocenters. The first-order valence-electron chi connectivity index (χ1n) is 10.1. The van der Waals surface area contributed by atoms with Crippen LogP contribution >= 0.6 is 11.6 Å². The van der Waals surface area contributed by atoms with Crippen LogP contribution in [0.3, 0.4) is 0 Å². The van der Waals surface area contributed by atoms with Crippen molar-refractivity contribution < 1.29 is 4.39 Å². The fourth-order valence-corrected chi connectivity index (χ4v) is 4.05. The molecule has 2 aromatic heterocycles. The summed E-state index contributed by atoms with van der Waals surface area (Å²) < 4.78 is 15.1. The first kappa shape index (κ1) is 20.7. The Kier molecular flexibility index (Phi) is 6.24. The van der Waals surface area contributed by atoms with Crippen molar-refractivity contribution in [2.75, 3.05) is 31.1 Å². The van der Waals surface area contributed by atoms with Crippen LogP contribution in [0.15, 0.2) is 30.5 Å². The standard InChI is InChI=1S/C21H25ClFN7/c1-14(2)10-15-11-17(23)20(21-25-27-28-26-21)19(12-15)30-8-6-29(7-9-30)13-18-16(22)4-3-5-24-18/h3-5,11-12,14H,6-10,13H2,1-2H3,(H,25,26,27,28). The number of nitrogens with one attached hydrogen (secondary N) is 1. The van der Waals surface area contributed by atoms with E-state index >= 15 is 4.39 Å². The zero-order valence-corrected chi connectivity index (χ0v) is 17.9. The Hall–Kier alpha value is -2.58. The molecule has 7 nitrogen and oxygen atoms in total. The topological polar surface area (TPSA) is 73.8 Å². The molecule has 3 aromatic rings. The Balaban J connectivity index is 1.56. The van der Waals surface area contributed by atoms with Gasteiger partial charge in [-0.3, -0.25) is 9.88 Å². The SMILES string of the molecule is CC(C)Cc1cc(F)c(-c2nn[nH]n2)c(N2CCN(Cc3ncccc3Cl)CC2)c1. The molecule has 1 N–H and O–H groups in total. The lowest BCUT2D eigenvalue weighted by Crippen LogP contribution is -2.46. The van der Waals surface area contributed by atoms with E-state index in [1.165, 1.54) is 0 Å². The number of anilines is 1. The van der Waals surface area contributed by atoms with E-state index in [1.54, 1.807) is 12.3 Å². The summed E-state index contributed by atoms with van der Waals surface area (Å²) in [4.78, 5) is 8.90. The maximum Gasteiger partial charge on any atom is 0.209 e. The molecule has 9 heteroatoms. The third kappa shape index (κ3) is 4.60. The molecule has 3 heterocycles. The quantitative estimate of drug-likeness (QED) is 0.645. The number of tetrazole rings is 1. The molecule has 30 heavy (non-hydrogen) atoms. The molecule has 1 saturated heterocycles. The molecular formula is C21H25ClFN7. The van der Waals surface area contributed by atoms with E-state index in [0.29, 0.717) is 23.0 Å². The van der Waals surface area contributed by atoms with Crippen molar-refractivity contribution in [2.45, 2.75) is 26.8 Å². The number of halogens is 2. The van der Waals surface area contributed by atoms with Crippen LogP contribution in [-0.4, -0.2) is 56.7 Å². The molecule has 0 aliphatic carbocycles. The molecular weight excluding hydrogens is 405 g/mol. The van der Waals surface area contributed by atoms with Gasteiger partial charge in [0, 0.05) is 38.9 Å². The van der Waals surface area contributed by atoms with Crippen molar-refractivity contribution in [3.8, 4) is 11.4 Å². The van der Waals surface area contributed by atoms with Gasteiger partial charge in [0.15, 0.2) is 0 Å². The first-order chi connectivity index (χ1) is 14.5. The number of aromatic nitrogens is 5. The van der Waals surface area contributed by atoms with Crippen LogP contribution in [-0.2, 0) is 13.0 Å². The van der Waals surface area contributed by atoms with Gasteiger partial charge in [-0.1, -0.05) is 25.4 Å². The van der Waals surface area contributed by atoms with Gasteiger partial charge in [0.05, 0.1) is 22.0 Å². The molecule has 0 bridgehead atoms. The normalized spacial score (nSPS) is 15.2.